The summed E-state index contributed by atoms with van der Waals surface area (Å²) < 4.78 is 0.971. The van der Waals surface area contributed by atoms with Gasteiger partial charge < -0.3 is 5.73 Å². The van der Waals surface area contributed by atoms with Gasteiger partial charge in [0.25, 0.3) is 0 Å². The Morgan fingerprint density at radius 1 is 1.47 bits per heavy atom. The van der Waals surface area contributed by atoms with Crippen LogP contribution in [0.2, 0.25) is 0 Å². The van der Waals surface area contributed by atoms with Gasteiger partial charge in [-0.3, -0.25) is 4.98 Å². The van der Waals surface area contributed by atoms with Gasteiger partial charge in [-0.05, 0) is 34.6 Å². The van der Waals surface area contributed by atoms with E-state index in [2.05, 4.69) is 25.9 Å². The molecule has 0 unspecified atom stereocenters. The third kappa shape index (κ3) is 2.42. The molecule has 0 bridgehead atoms. The van der Waals surface area contributed by atoms with Crippen LogP contribution in [0.25, 0.3) is 10.7 Å². The Labute approximate surface area is 101 Å². The van der Waals surface area contributed by atoms with Crippen molar-refractivity contribution in [1.29, 1.82) is 0 Å². The van der Waals surface area contributed by atoms with E-state index in [1.165, 1.54) is 0 Å². The predicted molar refractivity (Wildman–Crippen MR) is 65.8 cm³/mol. The first-order chi connectivity index (χ1) is 7.31. The van der Waals surface area contributed by atoms with E-state index in [0.717, 1.165) is 27.3 Å². The fourth-order valence-corrected chi connectivity index (χ4v) is 2.66. The average Bonchev–Trinajstić information content (AvgIpc) is 2.68. The number of rotatable bonds is 3. The fraction of sp³-hybridized carbons (Fsp3) is 0.200. The molecule has 78 valence electrons. The summed E-state index contributed by atoms with van der Waals surface area (Å²) in [5.74, 6) is 0. The van der Waals surface area contributed by atoms with E-state index in [-0.39, 0.29) is 0 Å². The van der Waals surface area contributed by atoms with Crippen LogP contribution in [0.5, 0.6) is 0 Å². The van der Waals surface area contributed by atoms with Crippen molar-refractivity contribution in [3.63, 3.8) is 0 Å². The lowest BCUT2D eigenvalue weighted by Gasteiger charge is -1.97. The van der Waals surface area contributed by atoms with Crippen LogP contribution in [0.4, 0.5) is 0 Å². The zero-order chi connectivity index (χ0) is 10.7. The lowest BCUT2D eigenvalue weighted by Crippen LogP contribution is -2.02. The van der Waals surface area contributed by atoms with Gasteiger partial charge in [0.05, 0.1) is 5.69 Å². The molecule has 2 N–H and O–H groups in total. The Morgan fingerprint density at radius 3 is 3.07 bits per heavy atom. The summed E-state index contributed by atoms with van der Waals surface area (Å²) in [6.07, 6.45) is 2.59. The molecule has 3 nitrogen and oxygen atoms in total. The molecule has 0 amide bonds. The minimum Gasteiger partial charge on any atom is -0.330 e. The van der Waals surface area contributed by atoms with Gasteiger partial charge in [0.15, 0.2) is 0 Å². The number of nitrogens with zero attached hydrogens (tertiary/aromatic N) is 2. The minimum atomic E-state index is 0.632. The van der Waals surface area contributed by atoms with E-state index in [4.69, 9.17) is 5.73 Å². The van der Waals surface area contributed by atoms with E-state index >= 15 is 0 Å². The zero-order valence-corrected chi connectivity index (χ0v) is 10.4. The van der Waals surface area contributed by atoms with Gasteiger partial charge in [-0.1, -0.05) is 0 Å². The summed E-state index contributed by atoms with van der Waals surface area (Å²) >= 11 is 5.06. The molecule has 0 fully saturated rings. The molecule has 0 saturated heterocycles. The molecule has 2 aromatic rings. The van der Waals surface area contributed by atoms with Crippen LogP contribution < -0.4 is 5.73 Å². The molecule has 0 radical (unpaired) electrons. The van der Waals surface area contributed by atoms with Gasteiger partial charge in [0, 0.05) is 22.5 Å². The maximum absolute atomic E-state index is 5.48. The Hall–Kier alpha value is -0.780. The molecular formula is C10H10BrN3S. The second kappa shape index (κ2) is 4.83. The standard InChI is InChI=1S/C10H10BrN3S/c11-8-2-1-5-13-9(8)10-14-7(3-4-12)6-15-10/h1-2,5-6H,3-4,12H2. The van der Waals surface area contributed by atoms with E-state index in [0.29, 0.717) is 6.54 Å². The predicted octanol–water partition coefficient (Wildman–Crippen LogP) is 2.47. The van der Waals surface area contributed by atoms with Gasteiger partial charge in [0.2, 0.25) is 0 Å². The average molecular weight is 284 g/mol. The minimum absolute atomic E-state index is 0.632. The number of hydrogen-bond donors (Lipinski definition) is 1. The number of halogens is 1. The molecule has 0 aliphatic carbocycles. The molecule has 0 atom stereocenters. The quantitative estimate of drug-likeness (QED) is 0.942. The summed E-state index contributed by atoms with van der Waals surface area (Å²) in [7, 11) is 0. The first-order valence-electron chi connectivity index (χ1n) is 4.56. The number of pyridine rings is 1. The molecule has 0 aromatic carbocycles. The maximum Gasteiger partial charge on any atom is 0.143 e. The van der Waals surface area contributed by atoms with E-state index < -0.39 is 0 Å². The smallest absolute Gasteiger partial charge is 0.143 e. The van der Waals surface area contributed by atoms with Crippen molar-refractivity contribution in [2.24, 2.45) is 5.73 Å². The van der Waals surface area contributed by atoms with Crippen molar-refractivity contribution in [2.75, 3.05) is 6.54 Å². The van der Waals surface area contributed by atoms with Gasteiger partial charge in [-0.15, -0.1) is 11.3 Å². The van der Waals surface area contributed by atoms with Gasteiger partial charge in [-0.25, -0.2) is 4.98 Å². The molecule has 2 aromatic heterocycles. The maximum atomic E-state index is 5.48. The van der Waals surface area contributed by atoms with Crippen LogP contribution in [0.15, 0.2) is 28.2 Å². The Bertz CT molecular complexity index is 455. The Morgan fingerprint density at radius 2 is 2.33 bits per heavy atom. The summed E-state index contributed by atoms with van der Waals surface area (Å²) in [6, 6.07) is 3.86. The van der Waals surface area contributed by atoms with Crippen molar-refractivity contribution in [3.8, 4) is 10.7 Å². The highest BCUT2D eigenvalue weighted by atomic mass is 79.9. The number of aromatic nitrogens is 2. The van der Waals surface area contributed by atoms with Crippen LogP contribution in [0, 0.1) is 0 Å². The zero-order valence-electron chi connectivity index (χ0n) is 7.98. The highest BCUT2D eigenvalue weighted by Crippen LogP contribution is 2.28. The van der Waals surface area contributed by atoms with Crippen LogP contribution in [-0.2, 0) is 6.42 Å². The lowest BCUT2D eigenvalue weighted by atomic mass is 10.3. The van der Waals surface area contributed by atoms with E-state index in [9.17, 15) is 0 Å². The number of thiazole rings is 1. The highest BCUT2D eigenvalue weighted by Gasteiger charge is 2.08. The van der Waals surface area contributed by atoms with Crippen molar-refractivity contribution in [2.45, 2.75) is 6.42 Å². The first-order valence-corrected chi connectivity index (χ1v) is 6.24. The molecule has 15 heavy (non-hydrogen) atoms. The van der Waals surface area contributed by atoms with Crippen LogP contribution >= 0.6 is 27.3 Å². The summed E-state index contributed by atoms with van der Waals surface area (Å²) in [5, 5.41) is 2.97. The number of nitrogens with two attached hydrogens (primary N) is 1. The van der Waals surface area contributed by atoms with Crippen LogP contribution in [0.1, 0.15) is 5.69 Å². The lowest BCUT2D eigenvalue weighted by molar-refractivity contribution is 0.935. The molecular weight excluding hydrogens is 274 g/mol. The molecule has 2 heterocycles. The summed E-state index contributed by atoms with van der Waals surface area (Å²) in [4.78, 5) is 8.77. The Balaban J connectivity index is 2.33. The molecule has 0 saturated carbocycles. The largest absolute Gasteiger partial charge is 0.330 e. The molecule has 0 aliphatic heterocycles. The third-order valence-electron chi connectivity index (χ3n) is 1.91. The molecule has 2 rings (SSSR count). The monoisotopic (exact) mass is 283 g/mol. The van der Waals surface area contributed by atoms with Crippen molar-refractivity contribution in [1.82, 2.24) is 9.97 Å². The second-order valence-electron chi connectivity index (χ2n) is 3.02. The van der Waals surface area contributed by atoms with Crippen molar-refractivity contribution < 1.29 is 0 Å². The SMILES string of the molecule is NCCc1csc(-c2ncccc2Br)n1. The van der Waals surface area contributed by atoms with Gasteiger partial charge in [-0.2, -0.15) is 0 Å². The van der Waals surface area contributed by atoms with E-state index in [1.54, 1.807) is 17.5 Å². The summed E-state index contributed by atoms with van der Waals surface area (Å²) in [6.45, 7) is 0.632. The van der Waals surface area contributed by atoms with Crippen molar-refractivity contribution in [3.05, 3.63) is 33.9 Å². The molecule has 5 heteroatoms. The third-order valence-corrected chi connectivity index (χ3v) is 3.45. The summed E-state index contributed by atoms with van der Waals surface area (Å²) in [5.41, 5.74) is 7.41. The Kier molecular flexibility index (Phi) is 3.45. The van der Waals surface area contributed by atoms with Gasteiger partial charge in [0.1, 0.15) is 10.7 Å². The normalized spacial score (nSPS) is 10.5. The number of hydrogen-bond acceptors (Lipinski definition) is 4. The molecule has 0 spiro atoms. The highest BCUT2D eigenvalue weighted by molar-refractivity contribution is 9.10. The second-order valence-corrected chi connectivity index (χ2v) is 4.73. The molecule has 0 aliphatic rings. The van der Waals surface area contributed by atoms with Gasteiger partial charge >= 0.3 is 0 Å². The van der Waals surface area contributed by atoms with Crippen LogP contribution in [-0.4, -0.2) is 16.5 Å². The first kappa shape index (κ1) is 10.7. The van der Waals surface area contributed by atoms with E-state index in [1.807, 2.05) is 17.5 Å². The topological polar surface area (TPSA) is 51.8 Å². The van der Waals surface area contributed by atoms with Crippen LogP contribution in [0.3, 0.4) is 0 Å². The van der Waals surface area contributed by atoms with Crippen molar-refractivity contribution >= 4 is 27.3 Å². The fourth-order valence-electron chi connectivity index (χ4n) is 1.22.